The molecule has 0 aliphatic heterocycles. The van der Waals surface area contributed by atoms with E-state index in [1.807, 2.05) is 19.1 Å². The van der Waals surface area contributed by atoms with Crippen molar-refractivity contribution in [3.63, 3.8) is 0 Å². The van der Waals surface area contributed by atoms with E-state index < -0.39 is 10.0 Å². The van der Waals surface area contributed by atoms with Crippen molar-refractivity contribution >= 4 is 26.0 Å². The highest BCUT2D eigenvalue weighted by Crippen LogP contribution is 2.22. The molecule has 0 aliphatic carbocycles. The first-order valence-corrected chi connectivity index (χ1v) is 9.48. The van der Waals surface area contributed by atoms with Crippen LogP contribution in [0.15, 0.2) is 29.2 Å². The minimum absolute atomic E-state index is 0.296. The van der Waals surface area contributed by atoms with E-state index in [0.29, 0.717) is 22.2 Å². The summed E-state index contributed by atoms with van der Waals surface area (Å²) in [6.07, 6.45) is 2.54. The number of nitrogens with one attached hydrogen (secondary N) is 1. The highest BCUT2D eigenvalue weighted by Gasteiger charge is 2.19. The van der Waals surface area contributed by atoms with Gasteiger partial charge >= 0.3 is 0 Å². The molecule has 0 radical (unpaired) electrons. The maximum Gasteiger partial charge on any atom is 0.240 e. The lowest BCUT2D eigenvalue weighted by Crippen LogP contribution is -2.25. The molecule has 0 bridgehead atoms. The van der Waals surface area contributed by atoms with Crippen molar-refractivity contribution in [2.24, 2.45) is 5.92 Å². The third-order valence-corrected chi connectivity index (χ3v) is 5.23. The number of halogens is 1. The van der Waals surface area contributed by atoms with Gasteiger partial charge in [0.15, 0.2) is 0 Å². The molecule has 0 saturated carbocycles. The molecule has 20 heavy (non-hydrogen) atoms. The van der Waals surface area contributed by atoms with Crippen LogP contribution in [-0.2, 0) is 16.4 Å². The van der Waals surface area contributed by atoms with Gasteiger partial charge in [0, 0.05) is 11.4 Å². The van der Waals surface area contributed by atoms with Crippen molar-refractivity contribution in [2.75, 3.05) is 6.54 Å². The molecule has 0 amide bonds. The highest BCUT2D eigenvalue weighted by atomic mass is 79.9. The van der Waals surface area contributed by atoms with Gasteiger partial charge in [-0.1, -0.05) is 54.9 Å². The Hall–Kier alpha value is -0.390. The van der Waals surface area contributed by atoms with E-state index in [2.05, 4.69) is 34.5 Å². The van der Waals surface area contributed by atoms with E-state index in [4.69, 9.17) is 0 Å². The Morgan fingerprint density at radius 2 is 1.90 bits per heavy atom. The quantitative estimate of drug-likeness (QED) is 0.717. The summed E-state index contributed by atoms with van der Waals surface area (Å²) in [6, 6.07) is 7.25. The van der Waals surface area contributed by atoms with Gasteiger partial charge in [-0.25, -0.2) is 13.1 Å². The van der Waals surface area contributed by atoms with Gasteiger partial charge in [-0.05, 0) is 36.8 Å². The Balaban J connectivity index is 2.93. The van der Waals surface area contributed by atoms with Crippen LogP contribution >= 0.6 is 15.9 Å². The van der Waals surface area contributed by atoms with Gasteiger partial charge in [-0.15, -0.1) is 0 Å². The van der Waals surface area contributed by atoms with Crippen LogP contribution in [-0.4, -0.2) is 19.8 Å². The Morgan fingerprint density at radius 1 is 1.25 bits per heavy atom. The summed E-state index contributed by atoms with van der Waals surface area (Å²) in [4.78, 5) is 0.701. The first kappa shape index (κ1) is 17.7. The normalized spacial score (nSPS) is 13.7. The van der Waals surface area contributed by atoms with Crippen molar-refractivity contribution in [3.8, 4) is 0 Å². The standard InChI is InChI=1S/C15H24BrNO2S/c1-4-9-17-20(18,19)15-8-6-5-7-13(15)11-14(16)10-12(2)3/h5-8,12,14,17H,4,9-11H2,1-3H3. The summed E-state index contributed by atoms with van der Waals surface area (Å²) in [5.74, 6) is 0.585. The fourth-order valence-electron chi connectivity index (χ4n) is 2.08. The summed E-state index contributed by atoms with van der Waals surface area (Å²) in [7, 11) is -3.40. The third-order valence-electron chi connectivity index (χ3n) is 2.97. The number of rotatable bonds is 8. The average Bonchev–Trinajstić information content (AvgIpc) is 2.36. The monoisotopic (exact) mass is 361 g/mol. The lowest BCUT2D eigenvalue weighted by atomic mass is 10.0. The summed E-state index contributed by atoms with van der Waals surface area (Å²) in [5, 5.41) is 0. The second-order valence-electron chi connectivity index (χ2n) is 5.44. The van der Waals surface area contributed by atoms with Gasteiger partial charge < -0.3 is 0 Å². The molecule has 1 aromatic carbocycles. The fourth-order valence-corrected chi connectivity index (χ4v) is 4.56. The molecule has 114 valence electrons. The molecular formula is C15H24BrNO2S. The molecule has 1 aromatic rings. The van der Waals surface area contributed by atoms with Gasteiger partial charge in [0.2, 0.25) is 10.0 Å². The zero-order valence-corrected chi connectivity index (χ0v) is 14.8. The highest BCUT2D eigenvalue weighted by molar-refractivity contribution is 9.09. The maximum absolute atomic E-state index is 12.3. The fraction of sp³-hybridized carbons (Fsp3) is 0.600. The van der Waals surface area contributed by atoms with Crippen molar-refractivity contribution < 1.29 is 8.42 Å². The molecule has 1 rings (SSSR count). The van der Waals surface area contributed by atoms with Crippen molar-refractivity contribution in [1.82, 2.24) is 4.72 Å². The summed E-state index contributed by atoms with van der Waals surface area (Å²) in [6.45, 7) is 6.76. The molecule has 3 nitrogen and oxygen atoms in total. The average molecular weight is 362 g/mol. The largest absolute Gasteiger partial charge is 0.240 e. The first-order valence-electron chi connectivity index (χ1n) is 7.08. The van der Waals surface area contributed by atoms with Crippen LogP contribution in [0.3, 0.4) is 0 Å². The number of hydrogen-bond donors (Lipinski definition) is 1. The van der Waals surface area contributed by atoms with Gasteiger partial charge in [0.1, 0.15) is 0 Å². The van der Waals surface area contributed by atoms with Crippen LogP contribution in [0.2, 0.25) is 0 Å². The molecule has 0 saturated heterocycles. The van der Waals surface area contributed by atoms with Gasteiger partial charge in [0.05, 0.1) is 4.90 Å². The van der Waals surface area contributed by atoms with E-state index in [0.717, 1.165) is 24.8 Å². The molecule has 0 fully saturated rings. The molecule has 0 spiro atoms. The predicted molar refractivity (Wildman–Crippen MR) is 87.8 cm³/mol. The zero-order chi connectivity index (χ0) is 15.2. The van der Waals surface area contributed by atoms with Gasteiger partial charge in [-0.2, -0.15) is 0 Å². The summed E-state index contributed by atoms with van der Waals surface area (Å²) < 4.78 is 27.2. The van der Waals surface area contributed by atoms with E-state index >= 15 is 0 Å². The lowest BCUT2D eigenvalue weighted by Gasteiger charge is -2.15. The van der Waals surface area contributed by atoms with E-state index in [1.54, 1.807) is 12.1 Å². The van der Waals surface area contributed by atoms with E-state index in [9.17, 15) is 8.42 Å². The smallest absolute Gasteiger partial charge is 0.211 e. The maximum atomic E-state index is 12.3. The Bertz CT molecular complexity index is 514. The molecule has 0 aromatic heterocycles. The number of alkyl halides is 1. The van der Waals surface area contributed by atoms with Crippen molar-refractivity contribution in [3.05, 3.63) is 29.8 Å². The second-order valence-corrected chi connectivity index (χ2v) is 8.47. The molecular weight excluding hydrogens is 338 g/mol. The summed E-state index contributed by atoms with van der Waals surface area (Å²) >= 11 is 3.65. The van der Waals surface area contributed by atoms with Crippen LogP contribution in [0.5, 0.6) is 0 Å². The second kappa shape index (κ2) is 8.15. The molecule has 0 aliphatic rings. The van der Waals surface area contributed by atoms with Crippen LogP contribution in [0.25, 0.3) is 0 Å². The first-order chi connectivity index (χ1) is 9.36. The van der Waals surface area contributed by atoms with Crippen LogP contribution in [0.1, 0.15) is 39.2 Å². The third kappa shape index (κ3) is 5.54. The van der Waals surface area contributed by atoms with Crippen LogP contribution in [0, 0.1) is 5.92 Å². The van der Waals surface area contributed by atoms with Gasteiger partial charge in [-0.3, -0.25) is 0 Å². The molecule has 0 heterocycles. The molecule has 1 N–H and O–H groups in total. The number of sulfonamides is 1. The van der Waals surface area contributed by atoms with E-state index in [1.165, 1.54) is 0 Å². The summed E-state index contributed by atoms with van der Waals surface area (Å²) in [5.41, 5.74) is 0.874. The van der Waals surface area contributed by atoms with Crippen LogP contribution < -0.4 is 4.72 Å². The minimum Gasteiger partial charge on any atom is -0.211 e. The topological polar surface area (TPSA) is 46.2 Å². The number of hydrogen-bond acceptors (Lipinski definition) is 2. The Morgan fingerprint density at radius 3 is 2.50 bits per heavy atom. The van der Waals surface area contributed by atoms with Crippen LogP contribution in [0.4, 0.5) is 0 Å². The molecule has 1 unspecified atom stereocenters. The molecule has 5 heteroatoms. The minimum atomic E-state index is -3.40. The zero-order valence-electron chi connectivity index (χ0n) is 12.4. The predicted octanol–water partition coefficient (Wildman–Crippen LogP) is 3.73. The van der Waals surface area contributed by atoms with E-state index in [-0.39, 0.29) is 0 Å². The number of benzene rings is 1. The van der Waals surface area contributed by atoms with Crippen molar-refractivity contribution in [2.45, 2.75) is 49.8 Å². The Labute approximate surface area is 131 Å². The SMILES string of the molecule is CCCNS(=O)(=O)c1ccccc1CC(Br)CC(C)C. The lowest BCUT2D eigenvalue weighted by molar-refractivity contribution is 0.565. The molecule has 1 atom stereocenters. The van der Waals surface area contributed by atoms with Gasteiger partial charge in [0.25, 0.3) is 0 Å². The van der Waals surface area contributed by atoms with Crippen molar-refractivity contribution in [1.29, 1.82) is 0 Å². The Kier molecular flexibility index (Phi) is 7.20.